The first-order valence-electron chi connectivity index (χ1n) is 9.22. The third-order valence-electron chi connectivity index (χ3n) is 4.85. The number of carbonyl (C=O) groups excluding carboxylic acids is 1. The van der Waals surface area contributed by atoms with Crippen LogP contribution in [0.25, 0.3) is 6.08 Å². The number of ether oxygens (including phenoxy) is 2. The zero-order valence-corrected chi connectivity index (χ0v) is 16.9. The molecule has 0 unspecified atom stereocenters. The molecule has 0 N–H and O–H groups in total. The van der Waals surface area contributed by atoms with Crippen molar-refractivity contribution in [2.75, 3.05) is 24.8 Å². The van der Waals surface area contributed by atoms with Gasteiger partial charge >= 0.3 is 169 Å². The molecule has 28 heavy (non-hydrogen) atoms. The van der Waals surface area contributed by atoms with Crippen LogP contribution in [-0.2, 0) is 4.79 Å². The quantitative estimate of drug-likeness (QED) is 0.532. The number of hydrogen-bond acceptors (Lipinski definition) is 5. The van der Waals surface area contributed by atoms with Gasteiger partial charge in [0.25, 0.3) is 0 Å². The molecule has 0 spiro atoms. The first kappa shape index (κ1) is 17.3. The van der Waals surface area contributed by atoms with Crippen LogP contribution in [0.3, 0.4) is 0 Å². The summed E-state index contributed by atoms with van der Waals surface area (Å²) in [5.74, 6) is 2.06. The molecule has 5 rings (SSSR count). The summed E-state index contributed by atoms with van der Waals surface area (Å²) in [6.45, 7) is 2.13. The number of aliphatic imine (C=N–C) groups is 1. The van der Waals surface area contributed by atoms with Gasteiger partial charge in [0.15, 0.2) is 0 Å². The predicted octanol–water partition coefficient (Wildman–Crippen LogP) is 3.02. The van der Waals surface area contributed by atoms with Gasteiger partial charge in [0.2, 0.25) is 0 Å². The summed E-state index contributed by atoms with van der Waals surface area (Å²) in [6, 6.07) is 15.4. The normalized spacial score (nSPS) is 20.1. The van der Waals surface area contributed by atoms with E-state index in [-0.39, 0.29) is 12.7 Å². The summed E-state index contributed by atoms with van der Waals surface area (Å²) >= 11 is 0.697. The van der Waals surface area contributed by atoms with E-state index >= 15 is 0 Å². The Hall–Kier alpha value is -2.76. The Morgan fingerprint density at radius 3 is 2.61 bits per heavy atom. The molecule has 1 amide bonds. The van der Waals surface area contributed by atoms with Crippen molar-refractivity contribution in [2.24, 2.45) is 4.99 Å². The van der Waals surface area contributed by atoms with Crippen LogP contribution in [-0.4, -0.2) is 51.6 Å². The molecule has 0 bridgehead atoms. The monoisotopic (exact) mass is 441 g/mol. The molecule has 142 valence electrons. The fourth-order valence-corrected chi connectivity index (χ4v) is 5.35. The molecule has 2 aromatic rings. The van der Waals surface area contributed by atoms with E-state index in [0.29, 0.717) is 26.4 Å². The number of fused-ring (bicyclic) bond motifs is 1. The van der Waals surface area contributed by atoms with Crippen LogP contribution < -0.4 is 14.4 Å². The Kier molecular flexibility index (Phi) is 4.55. The zero-order valence-electron chi connectivity index (χ0n) is 15.2. The SMILES string of the molecule is O=C1/C(=C/c2ccc3c(c2)OCO3)N=C(N2CC[Se]CC2)N1c1ccccc1. The van der Waals surface area contributed by atoms with Gasteiger partial charge < -0.3 is 0 Å². The van der Waals surface area contributed by atoms with E-state index in [1.54, 1.807) is 4.90 Å². The van der Waals surface area contributed by atoms with Crippen LogP contribution in [0.4, 0.5) is 5.69 Å². The van der Waals surface area contributed by atoms with Gasteiger partial charge in [-0.2, -0.15) is 0 Å². The van der Waals surface area contributed by atoms with E-state index < -0.39 is 0 Å². The van der Waals surface area contributed by atoms with Gasteiger partial charge in [0.05, 0.1) is 0 Å². The second kappa shape index (κ2) is 7.34. The molecular weight excluding hydrogens is 421 g/mol. The molecule has 1 fully saturated rings. The second-order valence-corrected chi connectivity index (χ2v) is 9.20. The maximum absolute atomic E-state index is 13.3. The van der Waals surface area contributed by atoms with Crippen LogP contribution in [0.2, 0.25) is 10.6 Å². The van der Waals surface area contributed by atoms with E-state index in [2.05, 4.69) is 4.90 Å². The van der Waals surface area contributed by atoms with Crippen LogP contribution >= 0.6 is 0 Å². The number of para-hydroxylation sites is 1. The summed E-state index contributed by atoms with van der Waals surface area (Å²) < 4.78 is 10.8. The fraction of sp³-hybridized carbons (Fsp3) is 0.238. The van der Waals surface area contributed by atoms with E-state index in [9.17, 15) is 4.79 Å². The maximum atomic E-state index is 13.3. The summed E-state index contributed by atoms with van der Waals surface area (Å²) in [6.07, 6.45) is 1.82. The molecule has 0 aliphatic carbocycles. The van der Waals surface area contributed by atoms with Gasteiger partial charge in [0, 0.05) is 0 Å². The average molecular weight is 440 g/mol. The third-order valence-corrected chi connectivity index (χ3v) is 6.83. The topological polar surface area (TPSA) is 54.4 Å². The van der Waals surface area contributed by atoms with E-state index in [0.717, 1.165) is 36.0 Å². The van der Waals surface area contributed by atoms with Gasteiger partial charge in [-0.3, -0.25) is 0 Å². The molecule has 0 aromatic heterocycles. The summed E-state index contributed by atoms with van der Waals surface area (Å²) in [4.78, 5) is 22.0. The number of benzene rings is 2. The number of nitrogens with zero attached hydrogens (tertiary/aromatic N) is 3. The van der Waals surface area contributed by atoms with Crippen molar-refractivity contribution in [3.63, 3.8) is 0 Å². The molecule has 1 saturated heterocycles. The standard InChI is InChI=1S/C21H19N3O3Se/c25-20-17(12-15-6-7-18-19(13-15)27-14-26-18)22-21(23-8-10-28-11-9-23)24(20)16-4-2-1-3-5-16/h1-7,12-13H,8-11,14H2/b17-12-. The van der Waals surface area contributed by atoms with Gasteiger partial charge in [-0.05, 0) is 0 Å². The van der Waals surface area contributed by atoms with Crippen molar-refractivity contribution < 1.29 is 14.3 Å². The van der Waals surface area contributed by atoms with Crippen LogP contribution in [0.1, 0.15) is 5.56 Å². The number of anilines is 1. The van der Waals surface area contributed by atoms with Crippen LogP contribution in [0.15, 0.2) is 59.2 Å². The van der Waals surface area contributed by atoms with Crippen molar-refractivity contribution in [1.29, 1.82) is 0 Å². The molecular formula is C21H19N3O3Se. The van der Waals surface area contributed by atoms with Gasteiger partial charge in [-0.15, -0.1) is 0 Å². The van der Waals surface area contributed by atoms with Crippen molar-refractivity contribution >= 4 is 38.6 Å². The van der Waals surface area contributed by atoms with Crippen LogP contribution in [0.5, 0.6) is 11.5 Å². The molecule has 7 heteroatoms. The molecule has 0 radical (unpaired) electrons. The molecule has 0 atom stereocenters. The number of guanidine groups is 1. The van der Waals surface area contributed by atoms with E-state index in [1.165, 1.54) is 10.6 Å². The number of hydrogen-bond donors (Lipinski definition) is 0. The fourth-order valence-electron chi connectivity index (χ4n) is 3.45. The Bertz CT molecular complexity index is 968. The third kappa shape index (κ3) is 3.17. The van der Waals surface area contributed by atoms with Crippen molar-refractivity contribution in [3.8, 4) is 11.5 Å². The molecule has 0 saturated carbocycles. The molecule has 2 aromatic carbocycles. The summed E-state index contributed by atoms with van der Waals surface area (Å²) in [5.41, 5.74) is 2.15. The van der Waals surface area contributed by atoms with E-state index in [1.807, 2.05) is 54.6 Å². The van der Waals surface area contributed by atoms with E-state index in [4.69, 9.17) is 14.5 Å². The van der Waals surface area contributed by atoms with Gasteiger partial charge in [-0.1, -0.05) is 0 Å². The Morgan fingerprint density at radius 1 is 1.00 bits per heavy atom. The number of amides is 1. The summed E-state index contributed by atoms with van der Waals surface area (Å²) in [5, 5.41) is 2.37. The average Bonchev–Trinajstić information content (AvgIpc) is 3.34. The minimum absolute atomic E-state index is 0.102. The van der Waals surface area contributed by atoms with Crippen molar-refractivity contribution in [2.45, 2.75) is 10.6 Å². The van der Waals surface area contributed by atoms with Crippen LogP contribution in [0, 0.1) is 0 Å². The van der Waals surface area contributed by atoms with Gasteiger partial charge in [-0.25, -0.2) is 0 Å². The Labute approximate surface area is 169 Å². The predicted molar refractivity (Wildman–Crippen MR) is 109 cm³/mol. The summed E-state index contributed by atoms with van der Waals surface area (Å²) in [7, 11) is 0. The van der Waals surface area contributed by atoms with Gasteiger partial charge in [0.1, 0.15) is 0 Å². The number of rotatable bonds is 2. The molecule has 6 nitrogen and oxygen atoms in total. The van der Waals surface area contributed by atoms with Crippen molar-refractivity contribution in [3.05, 3.63) is 59.8 Å². The minimum atomic E-state index is -0.102. The van der Waals surface area contributed by atoms with Crippen molar-refractivity contribution in [1.82, 2.24) is 4.90 Å². The molecule has 3 heterocycles. The second-order valence-electron chi connectivity index (χ2n) is 6.63. The first-order valence-corrected chi connectivity index (χ1v) is 11.6. The molecule has 3 aliphatic rings. The first-order chi connectivity index (χ1) is 13.8. The number of carbonyl (C=O) groups is 1. The Balaban J connectivity index is 1.53. The zero-order chi connectivity index (χ0) is 18.9. The molecule has 3 aliphatic heterocycles. The Morgan fingerprint density at radius 2 is 1.79 bits per heavy atom.